The molecule has 38 heavy (non-hydrogen) atoms. The van der Waals surface area contributed by atoms with Crippen LogP contribution in [0, 0.1) is 13.8 Å². The molecule has 0 saturated carbocycles. The lowest BCUT2D eigenvalue weighted by molar-refractivity contribution is -0.135. The van der Waals surface area contributed by atoms with E-state index in [4.69, 9.17) is 9.72 Å². The first-order valence-electron chi connectivity index (χ1n) is 13.2. The van der Waals surface area contributed by atoms with Gasteiger partial charge in [0, 0.05) is 32.5 Å². The van der Waals surface area contributed by atoms with Crippen molar-refractivity contribution in [1.82, 2.24) is 24.4 Å². The second kappa shape index (κ2) is 9.82. The van der Waals surface area contributed by atoms with E-state index in [9.17, 15) is 13.9 Å². The number of carbonyl (C=O) groups is 1. The fraction of sp³-hybridized carbons (Fsp3) is 0.538. The Morgan fingerprint density at radius 1 is 1.13 bits per heavy atom. The zero-order chi connectivity index (χ0) is 26.6. The van der Waals surface area contributed by atoms with Crippen LogP contribution in [0.3, 0.4) is 0 Å². The smallest absolute Gasteiger partial charge is 0.261 e. The first-order valence-corrected chi connectivity index (χ1v) is 15.7. The number of amides is 1. The van der Waals surface area contributed by atoms with Crippen molar-refractivity contribution in [3.63, 3.8) is 0 Å². The largest absolute Gasteiger partial charge is 0.482 e. The molecule has 0 bridgehead atoms. The molecule has 0 aromatic carbocycles. The molecule has 0 spiro atoms. The normalized spacial score (nSPS) is 20.9. The summed E-state index contributed by atoms with van der Waals surface area (Å²) in [6, 6.07) is 3.31. The first-order chi connectivity index (χ1) is 18.3. The highest BCUT2D eigenvalue weighted by atomic mass is 32.3. The minimum Gasteiger partial charge on any atom is -0.482 e. The number of nitrogens with zero attached hydrogens (tertiary/aromatic N) is 6. The van der Waals surface area contributed by atoms with Crippen molar-refractivity contribution in [2.45, 2.75) is 65.5 Å². The number of hydrogen-bond acceptors (Lipinski definition) is 9. The van der Waals surface area contributed by atoms with Gasteiger partial charge in [-0.05, 0) is 45.2 Å². The van der Waals surface area contributed by atoms with Crippen LogP contribution in [0.4, 0.5) is 5.82 Å². The summed E-state index contributed by atoms with van der Waals surface area (Å²) in [4.78, 5) is 31.0. The van der Waals surface area contributed by atoms with Crippen LogP contribution in [0.5, 0.6) is 5.75 Å². The molecule has 2 N–H and O–H groups in total. The Balaban J connectivity index is 1.26. The minimum absolute atomic E-state index is 0.0838. The third kappa shape index (κ3) is 4.37. The summed E-state index contributed by atoms with van der Waals surface area (Å²) in [7, 11) is -2.82. The van der Waals surface area contributed by atoms with Gasteiger partial charge in [0.2, 0.25) is 0 Å². The van der Waals surface area contributed by atoms with Crippen molar-refractivity contribution in [1.29, 1.82) is 0 Å². The van der Waals surface area contributed by atoms with Crippen LogP contribution in [-0.2, 0) is 30.6 Å². The van der Waals surface area contributed by atoms with E-state index in [2.05, 4.69) is 14.5 Å². The fourth-order valence-electron chi connectivity index (χ4n) is 5.88. The number of imidazole rings is 1. The first kappa shape index (κ1) is 25.6. The SMILES string of the molecule is CCc1nc(N2CCCS2(O)O)ccc1OCC(=O)N1CCc2nc3n(c2[C@@H]1c1sc(C)nc1C)CCC3. The number of aromatic nitrogens is 4. The quantitative estimate of drug-likeness (QED) is 0.460. The maximum absolute atomic E-state index is 13.7. The molecular weight excluding hydrogens is 524 g/mol. The Bertz CT molecular complexity index is 1390. The van der Waals surface area contributed by atoms with Crippen molar-refractivity contribution in [2.75, 3.05) is 29.8 Å². The topological polar surface area (TPSA) is 117 Å². The molecule has 12 heteroatoms. The van der Waals surface area contributed by atoms with E-state index in [1.54, 1.807) is 27.8 Å². The molecular formula is C26H34N6O4S2. The molecule has 3 aliphatic rings. The maximum atomic E-state index is 13.7. The highest BCUT2D eigenvalue weighted by Gasteiger charge is 2.39. The van der Waals surface area contributed by atoms with E-state index in [1.807, 2.05) is 25.7 Å². The predicted octanol–water partition coefficient (Wildman–Crippen LogP) is 4.29. The summed E-state index contributed by atoms with van der Waals surface area (Å²) in [6.45, 7) is 7.97. The molecule has 3 aliphatic heterocycles. The number of fused-ring (bicyclic) bond motifs is 3. The molecule has 6 heterocycles. The summed E-state index contributed by atoms with van der Waals surface area (Å²) in [6.07, 6.45) is 4.10. The van der Waals surface area contributed by atoms with Crippen molar-refractivity contribution < 1.29 is 18.6 Å². The Labute approximate surface area is 228 Å². The van der Waals surface area contributed by atoms with E-state index in [1.165, 1.54) is 0 Å². The van der Waals surface area contributed by atoms with Gasteiger partial charge < -0.3 is 14.2 Å². The third-order valence-electron chi connectivity index (χ3n) is 7.60. The van der Waals surface area contributed by atoms with Crippen LogP contribution in [0.15, 0.2) is 12.1 Å². The van der Waals surface area contributed by atoms with Gasteiger partial charge in [0.15, 0.2) is 6.61 Å². The van der Waals surface area contributed by atoms with Gasteiger partial charge in [-0.15, -0.1) is 22.1 Å². The van der Waals surface area contributed by atoms with Crippen molar-refractivity contribution in [2.24, 2.45) is 0 Å². The molecule has 6 rings (SSSR count). The average Bonchev–Trinajstić information content (AvgIpc) is 3.65. The van der Waals surface area contributed by atoms with Gasteiger partial charge in [-0.25, -0.2) is 15.0 Å². The molecule has 3 aromatic heterocycles. The lowest BCUT2D eigenvalue weighted by Gasteiger charge is -2.37. The fourth-order valence-corrected chi connectivity index (χ4v) is 8.48. The number of thiazole rings is 1. The lowest BCUT2D eigenvalue weighted by atomic mass is 9.99. The monoisotopic (exact) mass is 558 g/mol. The Morgan fingerprint density at radius 2 is 1.97 bits per heavy atom. The summed E-state index contributed by atoms with van der Waals surface area (Å²) in [5, 5.41) is 0.989. The standard InChI is InChI=1S/C26H34N6O4S2/c1-4-18-20(8-9-22(28-18)32-12-6-14-38(32,34)35)36-15-23(33)31-13-10-19-24(30-11-5-7-21(30)29-19)25(31)26-16(2)27-17(3)37-26/h8-9,25,34-35H,4-7,10-15H2,1-3H3/t25-/m1/s1. The third-order valence-corrected chi connectivity index (χ3v) is 10.6. The molecule has 3 aromatic rings. The van der Waals surface area contributed by atoms with Crippen LogP contribution in [-0.4, -0.2) is 64.9 Å². The molecule has 1 atom stereocenters. The Hall–Kier alpha value is -2.67. The number of anilines is 1. The van der Waals surface area contributed by atoms with Crippen LogP contribution < -0.4 is 9.04 Å². The van der Waals surface area contributed by atoms with Crippen LogP contribution in [0.25, 0.3) is 0 Å². The van der Waals surface area contributed by atoms with Gasteiger partial charge in [-0.2, -0.15) is 0 Å². The Kier molecular flexibility index (Phi) is 6.61. The van der Waals surface area contributed by atoms with Gasteiger partial charge >= 0.3 is 0 Å². The van der Waals surface area contributed by atoms with E-state index < -0.39 is 10.8 Å². The van der Waals surface area contributed by atoms with Crippen LogP contribution in [0.2, 0.25) is 0 Å². The molecule has 10 nitrogen and oxygen atoms in total. The number of hydrogen-bond donors (Lipinski definition) is 2. The highest BCUT2D eigenvalue weighted by Crippen LogP contribution is 2.50. The molecule has 1 amide bonds. The molecule has 0 unspecified atom stereocenters. The second-order valence-corrected chi connectivity index (χ2v) is 13.4. The zero-order valence-corrected chi connectivity index (χ0v) is 23.6. The Morgan fingerprint density at radius 3 is 2.68 bits per heavy atom. The number of rotatable bonds is 6. The average molecular weight is 559 g/mol. The van der Waals surface area contributed by atoms with E-state index in [0.717, 1.165) is 65.0 Å². The van der Waals surface area contributed by atoms with Gasteiger partial charge in [0.05, 0.1) is 38.4 Å². The van der Waals surface area contributed by atoms with Crippen LogP contribution >= 0.6 is 22.1 Å². The van der Waals surface area contributed by atoms with Gasteiger partial charge in [-0.1, -0.05) is 6.92 Å². The minimum atomic E-state index is -2.82. The number of carbonyl (C=O) groups excluding carboxylic acids is 1. The van der Waals surface area contributed by atoms with Gasteiger partial charge in [0.25, 0.3) is 5.91 Å². The van der Waals surface area contributed by atoms with Gasteiger partial charge in [-0.3, -0.25) is 18.2 Å². The van der Waals surface area contributed by atoms with Crippen molar-refractivity contribution >= 4 is 33.8 Å². The predicted molar refractivity (Wildman–Crippen MR) is 148 cm³/mol. The number of ether oxygens (including phenoxy) is 1. The summed E-state index contributed by atoms with van der Waals surface area (Å²) < 4.78 is 30.7. The van der Waals surface area contributed by atoms with Crippen molar-refractivity contribution in [3.8, 4) is 5.75 Å². The summed E-state index contributed by atoms with van der Waals surface area (Å²) in [5.74, 6) is 2.48. The molecule has 1 fully saturated rings. The van der Waals surface area contributed by atoms with E-state index >= 15 is 0 Å². The zero-order valence-electron chi connectivity index (χ0n) is 22.0. The number of aryl methyl sites for hydroxylation is 4. The summed E-state index contributed by atoms with van der Waals surface area (Å²) >= 11 is 1.65. The maximum Gasteiger partial charge on any atom is 0.261 e. The summed E-state index contributed by atoms with van der Waals surface area (Å²) in [5.41, 5.74) is 3.88. The molecule has 0 aliphatic carbocycles. The van der Waals surface area contributed by atoms with Crippen molar-refractivity contribution in [3.05, 3.63) is 50.6 Å². The van der Waals surface area contributed by atoms with Gasteiger partial charge in [0.1, 0.15) is 23.4 Å². The van der Waals surface area contributed by atoms with E-state index in [-0.39, 0.29) is 18.6 Å². The lowest BCUT2D eigenvalue weighted by Crippen LogP contribution is -2.43. The van der Waals surface area contributed by atoms with E-state index in [0.29, 0.717) is 42.5 Å². The number of pyridine rings is 1. The molecule has 204 valence electrons. The molecule has 1 saturated heterocycles. The molecule has 0 radical (unpaired) electrons. The highest BCUT2D eigenvalue weighted by molar-refractivity contribution is 8.25. The van der Waals surface area contributed by atoms with Crippen LogP contribution in [0.1, 0.15) is 64.3 Å². The second-order valence-electron chi connectivity index (χ2n) is 10.1.